The van der Waals surface area contributed by atoms with Gasteiger partial charge in [0, 0.05) is 18.5 Å². The molecule has 0 bridgehead atoms. The van der Waals surface area contributed by atoms with E-state index in [0.717, 1.165) is 11.0 Å². The van der Waals surface area contributed by atoms with Gasteiger partial charge < -0.3 is 10.3 Å². The van der Waals surface area contributed by atoms with Crippen LogP contribution in [0.1, 0.15) is 16.0 Å². The predicted molar refractivity (Wildman–Crippen MR) is 67.7 cm³/mol. The van der Waals surface area contributed by atoms with Crippen molar-refractivity contribution in [3.63, 3.8) is 0 Å². The van der Waals surface area contributed by atoms with E-state index in [4.69, 9.17) is 5.73 Å². The summed E-state index contributed by atoms with van der Waals surface area (Å²) < 4.78 is 1.99. The molecule has 1 unspecified atom stereocenters. The van der Waals surface area contributed by atoms with Crippen LogP contribution in [-0.4, -0.2) is 21.3 Å². The van der Waals surface area contributed by atoms with E-state index in [9.17, 15) is 0 Å². The Morgan fingerprint density at radius 3 is 2.88 bits per heavy atom. The number of aromatic nitrogens is 3. The fourth-order valence-corrected chi connectivity index (χ4v) is 3.27. The molecule has 0 spiro atoms. The molecule has 2 aromatic rings. The van der Waals surface area contributed by atoms with Gasteiger partial charge in [-0.1, -0.05) is 17.8 Å². The van der Waals surface area contributed by atoms with Gasteiger partial charge in [-0.2, -0.15) is 0 Å². The molecule has 2 aromatic heterocycles. The number of thiophene rings is 1. The molecule has 16 heavy (non-hydrogen) atoms. The monoisotopic (exact) mass is 254 g/mol. The minimum atomic E-state index is 0.266. The van der Waals surface area contributed by atoms with E-state index in [-0.39, 0.29) is 5.25 Å². The first kappa shape index (κ1) is 11.6. The second-order valence-electron chi connectivity index (χ2n) is 3.45. The molecule has 0 radical (unpaired) electrons. The zero-order valence-electron chi connectivity index (χ0n) is 9.25. The first-order chi connectivity index (χ1) is 7.72. The van der Waals surface area contributed by atoms with E-state index in [1.54, 1.807) is 23.1 Å². The molecule has 0 aliphatic rings. The number of thioether (sulfide) groups is 1. The Morgan fingerprint density at radius 1 is 1.56 bits per heavy atom. The summed E-state index contributed by atoms with van der Waals surface area (Å²) in [5.74, 6) is 0.921. The van der Waals surface area contributed by atoms with Gasteiger partial charge in [-0.3, -0.25) is 0 Å². The lowest BCUT2D eigenvalue weighted by molar-refractivity contribution is 0.761. The summed E-state index contributed by atoms with van der Waals surface area (Å²) in [6.45, 7) is 2.55. The highest BCUT2D eigenvalue weighted by Crippen LogP contribution is 2.35. The van der Waals surface area contributed by atoms with Crippen LogP contribution >= 0.6 is 23.1 Å². The zero-order chi connectivity index (χ0) is 11.5. The van der Waals surface area contributed by atoms with Gasteiger partial charge in [0.2, 0.25) is 0 Å². The third-order valence-electron chi connectivity index (χ3n) is 2.37. The molecule has 0 saturated carbocycles. The van der Waals surface area contributed by atoms with Crippen molar-refractivity contribution < 1.29 is 0 Å². The summed E-state index contributed by atoms with van der Waals surface area (Å²) in [6, 6.07) is 4.16. The van der Waals surface area contributed by atoms with Crippen LogP contribution in [0, 0.1) is 6.92 Å². The normalized spacial score (nSPS) is 12.9. The quantitative estimate of drug-likeness (QED) is 0.848. The van der Waals surface area contributed by atoms with Crippen molar-refractivity contribution in [1.82, 2.24) is 14.8 Å². The summed E-state index contributed by atoms with van der Waals surface area (Å²) in [4.78, 5) is 1.29. The van der Waals surface area contributed by atoms with Crippen molar-refractivity contribution in [2.45, 2.75) is 17.3 Å². The molecule has 0 fully saturated rings. The molecule has 1 atom stereocenters. The Morgan fingerprint density at radius 2 is 2.38 bits per heavy atom. The number of rotatable bonds is 4. The summed E-state index contributed by atoms with van der Waals surface area (Å²) in [5.41, 5.74) is 5.80. The van der Waals surface area contributed by atoms with E-state index in [1.165, 1.54) is 4.88 Å². The maximum atomic E-state index is 5.80. The minimum Gasteiger partial charge on any atom is -0.329 e. The Bertz CT molecular complexity index is 449. The van der Waals surface area contributed by atoms with Crippen LogP contribution in [0.25, 0.3) is 0 Å². The second kappa shape index (κ2) is 4.99. The van der Waals surface area contributed by atoms with Crippen LogP contribution in [0.5, 0.6) is 0 Å². The number of nitrogens with two attached hydrogens (primary N) is 1. The van der Waals surface area contributed by atoms with Gasteiger partial charge in [0.1, 0.15) is 5.82 Å². The van der Waals surface area contributed by atoms with Crippen LogP contribution in [0.4, 0.5) is 0 Å². The van der Waals surface area contributed by atoms with E-state index in [0.29, 0.717) is 6.54 Å². The predicted octanol–water partition coefficient (Wildman–Crippen LogP) is 1.98. The topological polar surface area (TPSA) is 56.7 Å². The summed E-state index contributed by atoms with van der Waals surface area (Å²) in [7, 11) is 1.97. The Hall–Kier alpha value is -0.850. The maximum Gasteiger partial charge on any atom is 0.191 e. The van der Waals surface area contributed by atoms with Crippen LogP contribution in [-0.2, 0) is 7.05 Å². The molecule has 6 heteroatoms. The van der Waals surface area contributed by atoms with Gasteiger partial charge >= 0.3 is 0 Å². The van der Waals surface area contributed by atoms with Crippen molar-refractivity contribution in [1.29, 1.82) is 0 Å². The molecule has 2 rings (SSSR count). The van der Waals surface area contributed by atoms with Gasteiger partial charge in [-0.25, -0.2) is 0 Å². The SMILES string of the molecule is Cc1nnc(SC(CN)c2cccs2)n1C. The Kier molecular flexibility index (Phi) is 3.63. The third-order valence-corrected chi connectivity index (χ3v) is 4.81. The molecule has 4 nitrogen and oxygen atoms in total. The summed E-state index contributed by atoms with van der Waals surface area (Å²) >= 11 is 3.40. The van der Waals surface area contributed by atoms with Crippen LogP contribution in [0.3, 0.4) is 0 Å². The molecule has 2 N–H and O–H groups in total. The fourth-order valence-electron chi connectivity index (χ4n) is 1.31. The molecule has 2 heterocycles. The zero-order valence-corrected chi connectivity index (χ0v) is 10.9. The molecule has 0 saturated heterocycles. The molecule has 0 aliphatic heterocycles. The molecule has 0 amide bonds. The van der Waals surface area contributed by atoms with Crippen LogP contribution in [0.2, 0.25) is 0 Å². The highest BCUT2D eigenvalue weighted by Gasteiger charge is 2.16. The first-order valence-electron chi connectivity index (χ1n) is 4.98. The lowest BCUT2D eigenvalue weighted by Crippen LogP contribution is -2.09. The molecule has 86 valence electrons. The minimum absolute atomic E-state index is 0.266. The van der Waals surface area contributed by atoms with Gasteiger partial charge in [0.05, 0.1) is 5.25 Å². The third kappa shape index (κ3) is 2.28. The smallest absolute Gasteiger partial charge is 0.191 e. The fraction of sp³-hybridized carbons (Fsp3) is 0.400. The van der Waals surface area contributed by atoms with Crippen molar-refractivity contribution in [3.8, 4) is 0 Å². The highest BCUT2D eigenvalue weighted by molar-refractivity contribution is 7.99. The average molecular weight is 254 g/mol. The number of aryl methyl sites for hydroxylation is 1. The van der Waals surface area contributed by atoms with Crippen LogP contribution < -0.4 is 5.73 Å². The highest BCUT2D eigenvalue weighted by atomic mass is 32.2. The number of nitrogens with zero attached hydrogens (tertiary/aromatic N) is 3. The van der Waals surface area contributed by atoms with Crippen molar-refractivity contribution in [2.75, 3.05) is 6.54 Å². The van der Waals surface area contributed by atoms with E-state index in [1.807, 2.05) is 24.6 Å². The Balaban J connectivity index is 2.16. The van der Waals surface area contributed by atoms with E-state index in [2.05, 4.69) is 21.6 Å². The standard InChI is InChI=1S/C10H14N4S2/c1-7-12-13-10(14(7)2)16-9(6-11)8-4-3-5-15-8/h3-5,9H,6,11H2,1-2H3. The van der Waals surface area contributed by atoms with Gasteiger partial charge in [0.25, 0.3) is 0 Å². The average Bonchev–Trinajstić information content (AvgIpc) is 2.90. The van der Waals surface area contributed by atoms with Gasteiger partial charge in [-0.05, 0) is 18.4 Å². The van der Waals surface area contributed by atoms with E-state index >= 15 is 0 Å². The summed E-state index contributed by atoms with van der Waals surface area (Å²) in [5, 5.41) is 11.4. The van der Waals surface area contributed by atoms with Crippen molar-refractivity contribution in [3.05, 3.63) is 28.2 Å². The maximum absolute atomic E-state index is 5.80. The molecular weight excluding hydrogens is 240 g/mol. The van der Waals surface area contributed by atoms with E-state index < -0.39 is 0 Å². The largest absolute Gasteiger partial charge is 0.329 e. The van der Waals surface area contributed by atoms with Gasteiger partial charge in [-0.15, -0.1) is 21.5 Å². The first-order valence-corrected chi connectivity index (χ1v) is 6.74. The van der Waals surface area contributed by atoms with Crippen LogP contribution in [0.15, 0.2) is 22.7 Å². The molecular formula is C10H14N4S2. The summed E-state index contributed by atoms with van der Waals surface area (Å²) in [6.07, 6.45) is 0. The Labute approximate surface area is 103 Å². The molecule has 0 aromatic carbocycles. The number of hydrogen-bond donors (Lipinski definition) is 1. The second-order valence-corrected chi connectivity index (χ2v) is 5.60. The number of hydrogen-bond acceptors (Lipinski definition) is 5. The molecule has 0 aliphatic carbocycles. The van der Waals surface area contributed by atoms with Crippen molar-refractivity contribution >= 4 is 23.1 Å². The van der Waals surface area contributed by atoms with Crippen molar-refractivity contribution in [2.24, 2.45) is 12.8 Å². The lowest BCUT2D eigenvalue weighted by Gasteiger charge is -2.11. The lowest BCUT2D eigenvalue weighted by atomic mass is 10.3. The van der Waals surface area contributed by atoms with Gasteiger partial charge in [0.15, 0.2) is 5.16 Å².